The summed E-state index contributed by atoms with van der Waals surface area (Å²) in [5, 5.41) is 0. The highest BCUT2D eigenvalue weighted by Crippen LogP contribution is 2.29. The number of piperazine rings is 1. The van der Waals surface area contributed by atoms with Gasteiger partial charge in [0.25, 0.3) is 0 Å². The zero-order valence-corrected chi connectivity index (χ0v) is 16.0. The SMILES string of the molecule is CCOc1ccc(/C=C/C(=O)N2CCN(c3ccc(C(F)(F)F)cn3)CC2)cc1. The van der Waals surface area contributed by atoms with Gasteiger partial charge >= 0.3 is 6.18 Å². The fraction of sp³-hybridized carbons (Fsp3) is 0.333. The summed E-state index contributed by atoms with van der Waals surface area (Å²) < 4.78 is 43.3. The number of carbonyl (C=O) groups is 1. The summed E-state index contributed by atoms with van der Waals surface area (Å²) in [6.07, 6.45) is -0.275. The highest BCUT2D eigenvalue weighted by Gasteiger charge is 2.31. The Labute approximate surface area is 167 Å². The number of benzene rings is 1. The summed E-state index contributed by atoms with van der Waals surface area (Å²) in [7, 11) is 0. The van der Waals surface area contributed by atoms with Crippen LogP contribution >= 0.6 is 0 Å². The molecule has 2 heterocycles. The molecule has 1 saturated heterocycles. The van der Waals surface area contributed by atoms with Crippen LogP contribution in [0.15, 0.2) is 48.7 Å². The third-order valence-electron chi connectivity index (χ3n) is 4.60. The molecule has 5 nitrogen and oxygen atoms in total. The lowest BCUT2D eigenvalue weighted by atomic mass is 10.2. The Morgan fingerprint density at radius 2 is 1.79 bits per heavy atom. The molecule has 0 saturated carbocycles. The molecule has 1 amide bonds. The number of ether oxygens (including phenoxy) is 1. The van der Waals surface area contributed by atoms with Crippen LogP contribution in [0.2, 0.25) is 0 Å². The van der Waals surface area contributed by atoms with E-state index < -0.39 is 11.7 Å². The molecule has 8 heteroatoms. The van der Waals surface area contributed by atoms with Crippen molar-refractivity contribution in [3.8, 4) is 5.75 Å². The van der Waals surface area contributed by atoms with Crippen molar-refractivity contribution in [3.05, 3.63) is 59.8 Å². The zero-order valence-electron chi connectivity index (χ0n) is 16.0. The molecular weight excluding hydrogens is 383 g/mol. The van der Waals surface area contributed by atoms with E-state index in [9.17, 15) is 18.0 Å². The van der Waals surface area contributed by atoms with E-state index in [0.29, 0.717) is 38.6 Å². The first-order chi connectivity index (χ1) is 13.9. The number of amides is 1. The quantitative estimate of drug-likeness (QED) is 0.709. The largest absolute Gasteiger partial charge is 0.494 e. The Morgan fingerprint density at radius 3 is 2.34 bits per heavy atom. The number of anilines is 1. The van der Waals surface area contributed by atoms with E-state index in [2.05, 4.69) is 4.98 Å². The summed E-state index contributed by atoms with van der Waals surface area (Å²) in [4.78, 5) is 19.9. The number of halogens is 3. The van der Waals surface area contributed by atoms with Gasteiger partial charge in [0, 0.05) is 38.5 Å². The van der Waals surface area contributed by atoms with Crippen molar-refractivity contribution in [2.45, 2.75) is 13.1 Å². The highest BCUT2D eigenvalue weighted by atomic mass is 19.4. The number of aromatic nitrogens is 1. The molecule has 1 aliphatic heterocycles. The van der Waals surface area contributed by atoms with Crippen molar-refractivity contribution >= 4 is 17.8 Å². The van der Waals surface area contributed by atoms with Gasteiger partial charge in [0.1, 0.15) is 11.6 Å². The van der Waals surface area contributed by atoms with Crippen LogP contribution in [0, 0.1) is 0 Å². The van der Waals surface area contributed by atoms with Crippen LogP contribution in [0.3, 0.4) is 0 Å². The molecule has 0 spiro atoms. The highest BCUT2D eigenvalue weighted by molar-refractivity contribution is 5.92. The zero-order chi connectivity index (χ0) is 20.9. The van der Waals surface area contributed by atoms with Crippen LogP contribution in [-0.2, 0) is 11.0 Å². The van der Waals surface area contributed by atoms with Crippen molar-refractivity contribution in [3.63, 3.8) is 0 Å². The Hall–Kier alpha value is -3.03. The van der Waals surface area contributed by atoms with Crippen LogP contribution in [-0.4, -0.2) is 48.6 Å². The number of hydrogen-bond donors (Lipinski definition) is 0. The van der Waals surface area contributed by atoms with Crippen molar-refractivity contribution < 1.29 is 22.7 Å². The van der Waals surface area contributed by atoms with E-state index in [1.54, 1.807) is 11.0 Å². The Bertz CT molecular complexity index is 841. The molecule has 1 aliphatic rings. The van der Waals surface area contributed by atoms with Gasteiger partial charge in [0.2, 0.25) is 5.91 Å². The molecule has 0 unspecified atom stereocenters. The molecule has 3 rings (SSSR count). The molecule has 1 aromatic heterocycles. The number of rotatable bonds is 5. The smallest absolute Gasteiger partial charge is 0.417 e. The van der Waals surface area contributed by atoms with Gasteiger partial charge in [-0.1, -0.05) is 12.1 Å². The molecule has 2 aromatic rings. The molecule has 1 aromatic carbocycles. The van der Waals surface area contributed by atoms with E-state index in [0.717, 1.165) is 23.6 Å². The summed E-state index contributed by atoms with van der Waals surface area (Å²) in [6, 6.07) is 9.85. The van der Waals surface area contributed by atoms with Crippen LogP contribution in [0.4, 0.5) is 19.0 Å². The minimum atomic E-state index is -4.40. The molecule has 29 heavy (non-hydrogen) atoms. The lowest BCUT2D eigenvalue weighted by Gasteiger charge is -2.35. The average molecular weight is 405 g/mol. The first-order valence-electron chi connectivity index (χ1n) is 9.35. The molecule has 0 radical (unpaired) electrons. The summed E-state index contributed by atoms with van der Waals surface area (Å²) in [6.45, 7) is 4.51. The maximum Gasteiger partial charge on any atom is 0.417 e. The minimum Gasteiger partial charge on any atom is -0.494 e. The number of hydrogen-bond acceptors (Lipinski definition) is 4. The standard InChI is InChI=1S/C21H22F3N3O2/c1-2-29-18-7-3-16(4-8-18)5-10-20(28)27-13-11-26(12-14-27)19-9-6-17(15-25-19)21(22,23)24/h3-10,15H,2,11-14H2,1H3/b10-5+. The third-order valence-corrected chi connectivity index (χ3v) is 4.60. The molecule has 0 aliphatic carbocycles. The van der Waals surface area contributed by atoms with Gasteiger partial charge in [-0.3, -0.25) is 4.79 Å². The molecule has 0 bridgehead atoms. The van der Waals surface area contributed by atoms with Crippen LogP contribution in [0.1, 0.15) is 18.1 Å². The molecule has 0 atom stereocenters. The lowest BCUT2D eigenvalue weighted by molar-refractivity contribution is -0.137. The third kappa shape index (κ3) is 5.49. The maximum absolute atomic E-state index is 12.6. The van der Waals surface area contributed by atoms with E-state index in [1.807, 2.05) is 36.1 Å². The molecule has 154 valence electrons. The maximum atomic E-state index is 12.6. The minimum absolute atomic E-state index is 0.0982. The first-order valence-corrected chi connectivity index (χ1v) is 9.35. The summed E-state index contributed by atoms with van der Waals surface area (Å²) >= 11 is 0. The second-order valence-electron chi connectivity index (χ2n) is 6.55. The van der Waals surface area contributed by atoms with Crippen molar-refractivity contribution in [1.29, 1.82) is 0 Å². The monoisotopic (exact) mass is 405 g/mol. The normalized spacial score (nSPS) is 15.0. The van der Waals surface area contributed by atoms with Crippen molar-refractivity contribution in [2.75, 3.05) is 37.7 Å². The van der Waals surface area contributed by atoms with Gasteiger partial charge in [0.05, 0.1) is 12.2 Å². The molecule has 0 N–H and O–H groups in total. The molecule has 1 fully saturated rings. The predicted octanol–water partition coefficient (Wildman–Crippen LogP) is 3.86. The first kappa shape index (κ1) is 20.7. The van der Waals surface area contributed by atoms with E-state index in [4.69, 9.17) is 4.74 Å². The fourth-order valence-corrected chi connectivity index (χ4v) is 3.01. The summed E-state index contributed by atoms with van der Waals surface area (Å²) in [5.41, 5.74) is 0.129. The Balaban J connectivity index is 1.52. The van der Waals surface area contributed by atoms with Gasteiger partial charge in [-0.15, -0.1) is 0 Å². The number of alkyl halides is 3. The number of nitrogens with zero attached hydrogens (tertiary/aromatic N) is 3. The van der Waals surface area contributed by atoms with E-state index in [1.165, 1.54) is 12.1 Å². The number of pyridine rings is 1. The van der Waals surface area contributed by atoms with Gasteiger partial charge in [-0.05, 0) is 42.8 Å². The second kappa shape index (κ2) is 8.98. The summed E-state index contributed by atoms with van der Waals surface area (Å²) in [5.74, 6) is 1.16. The number of carbonyl (C=O) groups excluding carboxylic acids is 1. The second-order valence-corrected chi connectivity index (χ2v) is 6.55. The topological polar surface area (TPSA) is 45.7 Å². The van der Waals surface area contributed by atoms with E-state index >= 15 is 0 Å². The lowest BCUT2D eigenvalue weighted by Crippen LogP contribution is -2.48. The van der Waals surface area contributed by atoms with Crippen LogP contribution in [0.5, 0.6) is 5.75 Å². The Kier molecular flexibility index (Phi) is 6.41. The van der Waals surface area contributed by atoms with Crippen molar-refractivity contribution in [1.82, 2.24) is 9.88 Å². The van der Waals surface area contributed by atoms with Gasteiger partial charge in [0.15, 0.2) is 0 Å². The average Bonchev–Trinajstić information content (AvgIpc) is 2.73. The fourth-order valence-electron chi connectivity index (χ4n) is 3.01. The predicted molar refractivity (Wildman–Crippen MR) is 105 cm³/mol. The van der Waals surface area contributed by atoms with Crippen LogP contribution < -0.4 is 9.64 Å². The van der Waals surface area contributed by atoms with Gasteiger partial charge < -0.3 is 14.5 Å². The van der Waals surface area contributed by atoms with Gasteiger partial charge in [-0.2, -0.15) is 13.2 Å². The van der Waals surface area contributed by atoms with Gasteiger partial charge in [-0.25, -0.2) is 4.98 Å². The van der Waals surface area contributed by atoms with Crippen molar-refractivity contribution in [2.24, 2.45) is 0 Å². The van der Waals surface area contributed by atoms with Crippen LogP contribution in [0.25, 0.3) is 6.08 Å². The molecular formula is C21H22F3N3O2. The van der Waals surface area contributed by atoms with E-state index in [-0.39, 0.29) is 5.91 Å². The Morgan fingerprint density at radius 1 is 1.10 bits per heavy atom.